The van der Waals surface area contributed by atoms with E-state index in [-0.39, 0.29) is 22.3 Å². The molecule has 0 spiro atoms. The summed E-state index contributed by atoms with van der Waals surface area (Å²) in [4.78, 5) is 0. The summed E-state index contributed by atoms with van der Waals surface area (Å²) in [5.41, 5.74) is 5.71. The molecule has 0 unspecified atom stereocenters. The minimum atomic E-state index is -0.549. The van der Waals surface area contributed by atoms with E-state index >= 15 is 0 Å². The molecule has 10 rings (SSSR count). The van der Waals surface area contributed by atoms with Gasteiger partial charge in [-0.25, -0.2) is 0 Å². The standard InChI is InChI=1S/C46H28O2/c1-3-13-29(14-4-1)32-25-33(30-15-5-2-6-16-30)27-34(26-32)44-38-19-8-7-18-37(38)43(45-39-20-10-12-22-41(39)48-46(44)45)31-23-24-36-35-17-9-11-21-40(35)47-42(36)28-31/h1-28H/i1D,2D,3D,4D,5D,6D,13D,14D,15D,16D. The first-order chi connectivity index (χ1) is 27.9. The van der Waals surface area contributed by atoms with Gasteiger partial charge in [-0.3, -0.25) is 0 Å². The third kappa shape index (κ3) is 4.13. The molecule has 0 bridgehead atoms. The van der Waals surface area contributed by atoms with Crippen molar-refractivity contribution in [2.45, 2.75) is 0 Å². The number of fused-ring (bicyclic) bond motifs is 7. The highest BCUT2D eigenvalue weighted by Crippen LogP contribution is 2.49. The van der Waals surface area contributed by atoms with E-state index in [2.05, 4.69) is 12.1 Å². The van der Waals surface area contributed by atoms with E-state index in [1.165, 1.54) is 6.07 Å². The van der Waals surface area contributed by atoms with Crippen LogP contribution in [0.4, 0.5) is 0 Å². The average molecular weight is 623 g/mol. The van der Waals surface area contributed by atoms with E-state index in [1.807, 2.05) is 78.9 Å². The quantitative estimate of drug-likeness (QED) is 0.195. The molecular weight excluding hydrogens is 585 g/mol. The van der Waals surface area contributed by atoms with Crippen LogP contribution in [0.1, 0.15) is 13.7 Å². The normalized spacial score (nSPS) is 14.7. The molecule has 0 fully saturated rings. The molecule has 2 aromatic heterocycles. The van der Waals surface area contributed by atoms with E-state index in [0.717, 1.165) is 54.6 Å². The second kappa shape index (κ2) is 10.6. The van der Waals surface area contributed by atoms with Crippen LogP contribution in [-0.4, -0.2) is 0 Å². The van der Waals surface area contributed by atoms with E-state index in [9.17, 15) is 0 Å². The van der Waals surface area contributed by atoms with Crippen molar-refractivity contribution in [1.29, 1.82) is 0 Å². The van der Waals surface area contributed by atoms with Crippen LogP contribution in [-0.2, 0) is 0 Å². The maximum Gasteiger partial charge on any atom is 0.144 e. The topological polar surface area (TPSA) is 26.3 Å². The number of furan rings is 2. The van der Waals surface area contributed by atoms with E-state index in [4.69, 9.17) is 22.5 Å². The molecule has 0 N–H and O–H groups in total. The molecule has 2 heteroatoms. The fourth-order valence-electron chi connectivity index (χ4n) is 6.96. The van der Waals surface area contributed by atoms with Crippen LogP contribution in [0.5, 0.6) is 0 Å². The highest BCUT2D eigenvalue weighted by Gasteiger charge is 2.23. The third-order valence-electron chi connectivity index (χ3n) is 9.00. The summed E-state index contributed by atoms with van der Waals surface area (Å²) in [5, 5.41) is 5.27. The molecule has 48 heavy (non-hydrogen) atoms. The highest BCUT2D eigenvalue weighted by atomic mass is 16.3. The van der Waals surface area contributed by atoms with Gasteiger partial charge in [0, 0.05) is 32.7 Å². The van der Waals surface area contributed by atoms with Gasteiger partial charge < -0.3 is 8.83 Å². The lowest BCUT2D eigenvalue weighted by Crippen LogP contribution is -1.91. The average Bonchev–Trinajstić information content (AvgIpc) is 3.81. The monoisotopic (exact) mass is 622 g/mol. The Morgan fingerprint density at radius 2 is 0.875 bits per heavy atom. The molecule has 0 saturated carbocycles. The molecular formula is C46H28O2. The lowest BCUT2D eigenvalue weighted by Gasteiger charge is -2.17. The van der Waals surface area contributed by atoms with E-state index in [1.54, 1.807) is 12.1 Å². The SMILES string of the molecule is [2H]c1c([2H])c([2H])c(-c2cc(-c3c([2H])c([2H])c([2H])c([2H])c3[2H])cc(-c3c4ccccc4c(-c4ccc5c(c4)oc4ccccc45)c4c3oc3ccccc34)c2)c([2H])c1[2H]. The zero-order valence-electron chi connectivity index (χ0n) is 35.2. The summed E-state index contributed by atoms with van der Waals surface area (Å²) in [6, 6.07) is 29.6. The van der Waals surface area contributed by atoms with E-state index < -0.39 is 60.4 Å². The summed E-state index contributed by atoms with van der Waals surface area (Å²) >= 11 is 0. The van der Waals surface area contributed by atoms with Gasteiger partial charge in [-0.2, -0.15) is 0 Å². The Labute approximate surface area is 291 Å². The Morgan fingerprint density at radius 1 is 0.354 bits per heavy atom. The van der Waals surface area contributed by atoms with Crippen LogP contribution in [0, 0.1) is 0 Å². The molecule has 8 aromatic carbocycles. The Kier molecular flexibility index (Phi) is 4.12. The van der Waals surface area contributed by atoms with Crippen molar-refractivity contribution in [1.82, 2.24) is 0 Å². The van der Waals surface area contributed by atoms with Crippen molar-refractivity contribution in [3.05, 3.63) is 170 Å². The van der Waals surface area contributed by atoms with Crippen LogP contribution in [0.15, 0.2) is 178 Å². The number of benzene rings is 8. The Balaban J connectivity index is 1.36. The smallest absolute Gasteiger partial charge is 0.144 e. The number of hydrogen-bond donors (Lipinski definition) is 0. The van der Waals surface area contributed by atoms with Gasteiger partial charge in [0.25, 0.3) is 0 Å². The molecule has 10 aromatic rings. The molecule has 0 atom stereocenters. The lowest BCUT2D eigenvalue weighted by molar-refractivity contribution is 0.669. The van der Waals surface area contributed by atoms with Crippen molar-refractivity contribution in [2.24, 2.45) is 0 Å². The second-order valence-electron chi connectivity index (χ2n) is 11.7. The highest BCUT2D eigenvalue weighted by molar-refractivity contribution is 6.27. The van der Waals surface area contributed by atoms with Crippen molar-refractivity contribution in [2.75, 3.05) is 0 Å². The van der Waals surface area contributed by atoms with Gasteiger partial charge >= 0.3 is 0 Å². The summed E-state index contributed by atoms with van der Waals surface area (Å²) in [6.45, 7) is 0. The van der Waals surface area contributed by atoms with Gasteiger partial charge in [0.2, 0.25) is 0 Å². The first-order valence-electron chi connectivity index (χ1n) is 20.5. The van der Waals surface area contributed by atoms with Gasteiger partial charge in [-0.05, 0) is 86.6 Å². The first-order valence-corrected chi connectivity index (χ1v) is 15.5. The minimum Gasteiger partial charge on any atom is -0.456 e. The van der Waals surface area contributed by atoms with Crippen LogP contribution in [0.25, 0.3) is 99.2 Å². The van der Waals surface area contributed by atoms with Crippen molar-refractivity contribution < 1.29 is 22.5 Å². The summed E-state index contributed by atoms with van der Waals surface area (Å²) in [5.74, 6) is 0. The zero-order chi connectivity index (χ0) is 40.3. The number of rotatable bonds is 4. The maximum atomic E-state index is 8.90. The number of para-hydroxylation sites is 2. The molecule has 0 saturated heterocycles. The fourth-order valence-corrected chi connectivity index (χ4v) is 6.96. The molecule has 0 radical (unpaired) electrons. The molecule has 0 amide bonds. The van der Waals surface area contributed by atoms with Crippen molar-refractivity contribution >= 4 is 54.6 Å². The van der Waals surface area contributed by atoms with Gasteiger partial charge in [0.15, 0.2) is 0 Å². The molecule has 0 aliphatic carbocycles. The molecule has 0 aliphatic heterocycles. The minimum absolute atomic E-state index is 0.0950. The Hall–Kier alpha value is -6.38. The Morgan fingerprint density at radius 3 is 1.54 bits per heavy atom. The van der Waals surface area contributed by atoms with Crippen LogP contribution in [0.2, 0.25) is 0 Å². The van der Waals surface area contributed by atoms with Crippen LogP contribution < -0.4 is 0 Å². The summed E-state index contributed by atoms with van der Waals surface area (Å²) in [6.07, 6.45) is 0. The molecule has 224 valence electrons. The lowest BCUT2D eigenvalue weighted by atomic mass is 9.86. The van der Waals surface area contributed by atoms with Crippen LogP contribution >= 0.6 is 0 Å². The van der Waals surface area contributed by atoms with E-state index in [0.29, 0.717) is 22.3 Å². The maximum absolute atomic E-state index is 8.90. The fraction of sp³-hybridized carbons (Fsp3) is 0. The summed E-state index contributed by atoms with van der Waals surface area (Å²) < 4.78 is 99.1. The third-order valence-corrected chi connectivity index (χ3v) is 9.00. The van der Waals surface area contributed by atoms with Gasteiger partial charge in [-0.1, -0.05) is 127 Å². The summed E-state index contributed by atoms with van der Waals surface area (Å²) in [7, 11) is 0. The largest absolute Gasteiger partial charge is 0.456 e. The predicted octanol–water partition coefficient (Wildman–Crippen LogP) is 13.3. The Bertz CT molecular complexity index is 3270. The number of hydrogen-bond acceptors (Lipinski definition) is 2. The molecule has 0 aliphatic rings. The van der Waals surface area contributed by atoms with Crippen LogP contribution in [0.3, 0.4) is 0 Å². The molecule has 2 nitrogen and oxygen atoms in total. The first kappa shape index (κ1) is 18.7. The zero-order valence-corrected chi connectivity index (χ0v) is 25.2. The second-order valence-corrected chi connectivity index (χ2v) is 11.7. The van der Waals surface area contributed by atoms with Crippen molar-refractivity contribution in [3.63, 3.8) is 0 Å². The predicted molar refractivity (Wildman–Crippen MR) is 200 cm³/mol. The van der Waals surface area contributed by atoms with Gasteiger partial charge in [-0.15, -0.1) is 0 Å². The van der Waals surface area contributed by atoms with Gasteiger partial charge in [0.1, 0.15) is 22.3 Å². The van der Waals surface area contributed by atoms with Gasteiger partial charge in [0.05, 0.1) is 13.7 Å². The molecule has 2 heterocycles. The van der Waals surface area contributed by atoms with Crippen molar-refractivity contribution in [3.8, 4) is 44.5 Å².